The number of nitrogens with two attached hydrogens (primary N) is 1. The van der Waals surface area contributed by atoms with Crippen LogP contribution in [0.15, 0.2) is 36.8 Å². The van der Waals surface area contributed by atoms with Crippen LogP contribution in [0.2, 0.25) is 0 Å². The Kier molecular flexibility index (Phi) is 18.2. The van der Waals surface area contributed by atoms with Crippen molar-refractivity contribution in [3.63, 3.8) is 0 Å². The van der Waals surface area contributed by atoms with Gasteiger partial charge in [-0.3, -0.25) is 38.4 Å². The average molecular weight is 867 g/mol. The minimum Gasteiger partial charge on any atom is -0.508 e. The number of imidazole rings is 1. The molecule has 8 atom stereocenters. The van der Waals surface area contributed by atoms with Crippen LogP contribution in [0.3, 0.4) is 0 Å². The largest absolute Gasteiger partial charge is 0.508 e. The molecule has 20 heteroatoms. The van der Waals surface area contributed by atoms with Crippen LogP contribution in [0.1, 0.15) is 90.3 Å². The number of benzene rings is 1. The van der Waals surface area contributed by atoms with Gasteiger partial charge in [0, 0.05) is 37.7 Å². The summed E-state index contributed by atoms with van der Waals surface area (Å²) in [4.78, 5) is 119. The molecule has 1 aromatic carbocycles. The molecule has 340 valence electrons. The zero-order valence-corrected chi connectivity index (χ0v) is 35.8. The van der Waals surface area contributed by atoms with Gasteiger partial charge in [-0.15, -0.1) is 0 Å². The maximum Gasteiger partial charge on any atom is 0.303 e. The van der Waals surface area contributed by atoms with Crippen molar-refractivity contribution in [2.75, 3.05) is 13.1 Å². The van der Waals surface area contributed by atoms with Gasteiger partial charge in [0.05, 0.1) is 6.33 Å². The van der Waals surface area contributed by atoms with Gasteiger partial charge in [-0.2, -0.15) is 0 Å². The highest BCUT2D eigenvalue weighted by atomic mass is 16.4. The number of unbranched alkanes of at least 4 members (excludes halogenated alkanes) is 1. The van der Waals surface area contributed by atoms with Crippen molar-refractivity contribution in [1.29, 1.82) is 0 Å². The lowest BCUT2D eigenvalue weighted by molar-refractivity contribution is -0.143. The molecule has 1 aromatic heterocycles. The molecule has 3 heterocycles. The number of aromatic hydroxyl groups is 1. The van der Waals surface area contributed by atoms with Crippen LogP contribution < -0.4 is 37.6 Å². The van der Waals surface area contributed by atoms with Crippen LogP contribution in [0, 0.1) is 11.8 Å². The van der Waals surface area contributed by atoms with Gasteiger partial charge in [-0.05, 0) is 74.6 Å². The molecule has 2 aromatic rings. The molecular weight excluding hydrogens is 805 g/mol. The number of amides is 7. The molecule has 0 saturated carbocycles. The molecule has 0 unspecified atom stereocenters. The van der Waals surface area contributed by atoms with Crippen LogP contribution in [0.5, 0.6) is 5.75 Å². The number of carboxylic acid groups (broad SMARTS) is 1. The Hall–Kier alpha value is -6.05. The minimum atomic E-state index is -1.46. The van der Waals surface area contributed by atoms with E-state index >= 15 is 0 Å². The van der Waals surface area contributed by atoms with Gasteiger partial charge in [-0.25, -0.2) is 4.98 Å². The number of nitrogens with one attached hydrogen (secondary N) is 7. The van der Waals surface area contributed by atoms with Crippen LogP contribution in [0.25, 0.3) is 0 Å². The van der Waals surface area contributed by atoms with Crippen LogP contribution in [0.4, 0.5) is 0 Å². The summed E-state index contributed by atoms with van der Waals surface area (Å²) < 4.78 is 0. The summed E-state index contributed by atoms with van der Waals surface area (Å²) in [6.45, 7) is 7.32. The van der Waals surface area contributed by atoms with E-state index in [2.05, 4.69) is 41.9 Å². The number of aromatic nitrogens is 2. The van der Waals surface area contributed by atoms with E-state index < -0.39 is 108 Å². The van der Waals surface area contributed by atoms with Gasteiger partial charge < -0.3 is 57.7 Å². The van der Waals surface area contributed by atoms with Crippen molar-refractivity contribution >= 4 is 47.3 Å². The Morgan fingerprint density at radius 1 is 0.774 bits per heavy atom. The van der Waals surface area contributed by atoms with Crippen molar-refractivity contribution in [1.82, 2.24) is 46.8 Å². The summed E-state index contributed by atoms with van der Waals surface area (Å²) >= 11 is 0. The normalized spacial score (nSPS) is 25.4. The number of carbonyl (C=O) groups is 8. The van der Waals surface area contributed by atoms with Crippen LogP contribution >= 0.6 is 0 Å². The third kappa shape index (κ3) is 13.7. The van der Waals surface area contributed by atoms with Gasteiger partial charge in [0.2, 0.25) is 41.4 Å². The fourth-order valence-electron chi connectivity index (χ4n) is 7.50. The van der Waals surface area contributed by atoms with Crippen molar-refractivity contribution in [3.8, 4) is 5.75 Å². The van der Waals surface area contributed by atoms with Gasteiger partial charge in [0.15, 0.2) is 0 Å². The summed E-state index contributed by atoms with van der Waals surface area (Å²) in [6, 6.07) is -2.86. The monoisotopic (exact) mass is 866 g/mol. The van der Waals surface area contributed by atoms with E-state index in [0.29, 0.717) is 43.5 Å². The number of hydrogen-bond acceptors (Lipinski definition) is 11. The van der Waals surface area contributed by atoms with E-state index in [1.807, 2.05) is 6.92 Å². The molecule has 7 amide bonds. The van der Waals surface area contributed by atoms with E-state index in [1.54, 1.807) is 32.9 Å². The number of hydrogen-bond donors (Lipinski definition) is 10. The van der Waals surface area contributed by atoms with Gasteiger partial charge in [-0.1, -0.05) is 46.2 Å². The number of phenolic OH excluding ortho intramolecular Hbond substituents is 1. The molecule has 0 bridgehead atoms. The Morgan fingerprint density at radius 2 is 1.37 bits per heavy atom. The molecule has 2 aliphatic heterocycles. The van der Waals surface area contributed by atoms with E-state index in [1.165, 1.54) is 29.6 Å². The smallest absolute Gasteiger partial charge is 0.303 e. The van der Waals surface area contributed by atoms with Crippen molar-refractivity contribution in [3.05, 3.63) is 48.0 Å². The fourth-order valence-corrected chi connectivity index (χ4v) is 7.50. The third-order valence-corrected chi connectivity index (χ3v) is 11.3. The molecular formula is C42H62N10O10. The minimum absolute atomic E-state index is 0.0312. The first-order valence-corrected chi connectivity index (χ1v) is 21.3. The highest BCUT2D eigenvalue weighted by Gasteiger charge is 2.41. The lowest BCUT2D eigenvalue weighted by atomic mass is 9.96. The maximum absolute atomic E-state index is 14.5. The molecule has 2 saturated heterocycles. The van der Waals surface area contributed by atoms with Crippen LogP contribution in [-0.4, -0.2) is 128 Å². The first kappa shape index (κ1) is 48.6. The lowest BCUT2D eigenvalue weighted by Crippen LogP contribution is -2.61. The van der Waals surface area contributed by atoms with Crippen molar-refractivity contribution < 1.29 is 48.6 Å². The zero-order chi connectivity index (χ0) is 45.5. The molecule has 0 radical (unpaired) electrons. The average Bonchev–Trinajstić information content (AvgIpc) is 3.95. The number of aromatic amines is 1. The summed E-state index contributed by atoms with van der Waals surface area (Å²) in [6.07, 6.45) is 3.97. The third-order valence-electron chi connectivity index (χ3n) is 11.3. The van der Waals surface area contributed by atoms with Crippen molar-refractivity contribution in [2.24, 2.45) is 17.6 Å². The molecule has 62 heavy (non-hydrogen) atoms. The summed E-state index contributed by atoms with van der Waals surface area (Å²) in [7, 11) is 0. The highest BCUT2D eigenvalue weighted by Crippen LogP contribution is 2.21. The Morgan fingerprint density at radius 3 is 2.00 bits per heavy atom. The maximum atomic E-state index is 14.5. The molecule has 0 spiro atoms. The summed E-state index contributed by atoms with van der Waals surface area (Å²) in [5, 5.41) is 35.8. The number of phenols is 1. The first-order chi connectivity index (χ1) is 29.5. The van der Waals surface area contributed by atoms with Gasteiger partial charge in [0.1, 0.15) is 48.0 Å². The predicted octanol–water partition coefficient (Wildman–Crippen LogP) is -0.490. The van der Waals surface area contributed by atoms with Crippen LogP contribution in [-0.2, 0) is 51.2 Å². The summed E-state index contributed by atoms with van der Waals surface area (Å²) in [5.41, 5.74) is 6.77. The molecule has 11 N–H and O–H groups in total. The molecule has 20 nitrogen and oxygen atoms in total. The SMILES string of the molecule is CC[C@H](C)[C@H]1NC(=O)[C@H](Cc2ccc(O)cc2)NC(=O)[C@@H](C(C)C)NC(=O)[C@H](CCC(=O)O)NC(=O)[C@H](CCCCN)NC(=O)[C@H]2CCCN2C(=O)[C@H](Cc2cnc[nH]2)NC1=O. The van der Waals surface area contributed by atoms with E-state index in [0.717, 1.165) is 0 Å². The number of carboxylic acids is 1. The molecule has 0 aliphatic carbocycles. The topological polar surface area (TPSA) is 307 Å². The quantitative estimate of drug-likeness (QED) is 0.108. The first-order valence-electron chi connectivity index (χ1n) is 21.3. The molecule has 2 aliphatic rings. The Balaban J connectivity index is 1.82. The van der Waals surface area contributed by atoms with E-state index in [4.69, 9.17) is 5.73 Å². The van der Waals surface area contributed by atoms with Gasteiger partial charge >= 0.3 is 5.97 Å². The number of carbonyl (C=O) groups excluding carboxylic acids is 7. The molecule has 4 rings (SSSR count). The lowest BCUT2D eigenvalue weighted by Gasteiger charge is -2.32. The fraction of sp³-hybridized carbons (Fsp3) is 0.595. The number of H-pyrrole nitrogens is 1. The summed E-state index contributed by atoms with van der Waals surface area (Å²) in [5.74, 6) is -7.49. The van der Waals surface area contributed by atoms with E-state index in [9.17, 15) is 48.6 Å². The Bertz CT molecular complexity index is 1870. The van der Waals surface area contributed by atoms with Gasteiger partial charge in [0.25, 0.3) is 0 Å². The Labute approximate surface area is 360 Å². The highest BCUT2D eigenvalue weighted by molar-refractivity contribution is 5.99. The predicted molar refractivity (Wildman–Crippen MR) is 224 cm³/mol. The second-order valence-corrected chi connectivity index (χ2v) is 16.4. The number of rotatable bonds is 14. The van der Waals surface area contributed by atoms with E-state index in [-0.39, 0.29) is 44.4 Å². The number of aliphatic carboxylic acids is 1. The standard InChI is InChI=1S/C42H62N10O10/c1-5-24(4)35-41(61)49-31(20-26-21-44-22-45-26)42(62)52-18-8-10-32(52)39(59)47-28(9-6-7-17-43)36(56)46-29(15-16-33(54)55)37(57)50-34(23(2)3)40(60)48-30(38(58)51-35)19-25-11-13-27(53)14-12-25/h11-14,21-24,28-32,34-35,53H,5-10,15-20,43H2,1-4H3,(H,44,45)(H,46,56)(H,47,59)(H,48,60)(H,49,61)(H,50,57)(H,51,58)(H,54,55)/t24-,28-,29-,30-,31-,32+,34+,35+/m0/s1. The second kappa shape index (κ2) is 23.2. The second-order valence-electron chi connectivity index (χ2n) is 16.4. The zero-order valence-electron chi connectivity index (χ0n) is 35.8. The molecule has 2 fully saturated rings. The number of fused-ring (bicyclic) bond motifs is 1. The van der Waals surface area contributed by atoms with Crippen molar-refractivity contribution in [2.45, 2.75) is 134 Å². The number of nitrogens with zero attached hydrogens (tertiary/aromatic N) is 2.